The van der Waals surface area contributed by atoms with Gasteiger partial charge >= 0.3 is 0 Å². The van der Waals surface area contributed by atoms with Gasteiger partial charge in [-0.05, 0) is 43.6 Å². The molecule has 1 aromatic carbocycles. The van der Waals surface area contributed by atoms with Crippen molar-refractivity contribution in [1.29, 1.82) is 0 Å². The van der Waals surface area contributed by atoms with Gasteiger partial charge in [-0.1, -0.05) is 30.3 Å². The molecule has 0 saturated heterocycles. The summed E-state index contributed by atoms with van der Waals surface area (Å²) in [5.41, 5.74) is 2.37. The highest BCUT2D eigenvalue weighted by Crippen LogP contribution is 2.54. The second-order valence-corrected chi connectivity index (χ2v) is 6.79. The summed E-state index contributed by atoms with van der Waals surface area (Å²) in [6.45, 7) is 0.812. The summed E-state index contributed by atoms with van der Waals surface area (Å²) >= 11 is 0. The smallest absolute Gasteiger partial charge is 0.0663 e. The van der Waals surface area contributed by atoms with Crippen molar-refractivity contribution in [3.8, 4) is 0 Å². The Morgan fingerprint density at radius 2 is 1.74 bits per heavy atom. The van der Waals surface area contributed by atoms with Crippen molar-refractivity contribution in [1.82, 2.24) is 0 Å². The fourth-order valence-electron chi connectivity index (χ4n) is 4.75. The van der Waals surface area contributed by atoms with Crippen molar-refractivity contribution < 1.29 is 5.11 Å². The summed E-state index contributed by atoms with van der Waals surface area (Å²) in [4.78, 5) is 4.93. The van der Waals surface area contributed by atoms with Crippen LogP contribution in [0.1, 0.15) is 37.7 Å². The number of aliphatic imine (C=N–C) groups is 1. The van der Waals surface area contributed by atoms with E-state index in [0.29, 0.717) is 11.8 Å². The van der Waals surface area contributed by atoms with E-state index in [-0.39, 0.29) is 5.60 Å². The van der Waals surface area contributed by atoms with Crippen LogP contribution in [0.4, 0.5) is 0 Å². The molecule has 1 N–H and O–H groups in total. The van der Waals surface area contributed by atoms with E-state index < -0.39 is 0 Å². The van der Waals surface area contributed by atoms with Crippen LogP contribution in [0.25, 0.3) is 0 Å². The van der Waals surface area contributed by atoms with Crippen molar-refractivity contribution in [2.45, 2.75) is 44.2 Å². The third-order valence-electron chi connectivity index (χ3n) is 5.28. The molecular weight excluding hydrogens is 234 g/mol. The number of rotatable bonds is 2. The van der Waals surface area contributed by atoms with Crippen LogP contribution >= 0.6 is 0 Å². The molecule has 0 spiro atoms. The van der Waals surface area contributed by atoms with E-state index in [1.807, 2.05) is 0 Å². The average Bonchev–Trinajstić information content (AvgIpc) is 2.37. The lowest BCUT2D eigenvalue weighted by Gasteiger charge is -2.54. The number of aliphatic hydroxyl groups is 1. The predicted octanol–water partition coefficient (Wildman–Crippen LogP) is 3.20. The van der Waals surface area contributed by atoms with Gasteiger partial charge in [0, 0.05) is 17.5 Å². The number of hydrogen-bond acceptors (Lipinski definition) is 2. The van der Waals surface area contributed by atoms with E-state index in [2.05, 4.69) is 30.3 Å². The summed E-state index contributed by atoms with van der Waals surface area (Å²) in [6, 6.07) is 10.5. The van der Waals surface area contributed by atoms with Crippen molar-refractivity contribution in [3.63, 3.8) is 0 Å². The quantitative estimate of drug-likeness (QED) is 0.865. The molecule has 4 aliphatic rings. The Hall–Kier alpha value is -1.15. The van der Waals surface area contributed by atoms with Gasteiger partial charge in [-0.3, -0.25) is 4.99 Å². The van der Waals surface area contributed by atoms with E-state index in [1.165, 1.54) is 24.1 Å². The van der Waals surface area contributed by atoms with Crippen LogP contribution in [-0.4, -0.2) is 16.4 Å². The largest absolute Gasteiger partial charge is 0.390 e. The van der Waals surface area contributed by atoms with Crippen LogP contribution in [0, 0.1) is 17.8 Å². The first kappa shape index (κ1) is 11.7. The van der Waals surface area contributed by atoms with Gasteiger partial charge in [0.15, 0.2) is 0 Å². The Labute approximate surface area is 114 Å². The summed E-state index contributed by atoms with van der Waals surface area (Å²) in [5, 5.41) is 10.6. The van der Waals surface area contributed by atoms with Crippen LogP contribution in [0.5, 0.6) is 0 Å². The van der Waals surface area contributed by atoms with Gasteiger partial charge in [0.05, 0.1) is 12.1 Å². The van der Waals surface area contributed by atoms with E-state index >= 15 is 0 Å². The summed E-state index contributed by atoms with van der Waals surface area (Å²) < 4.78 is 0. The fraction of sp³-hybridized carbons (Fsp3) is 0.588. The molecule has 4 aliphatic carbocycles. The zero-order chi connectivity index (χ0) is 12.9. The lowest BCUT2D eigenvalue weighted by atomic mass is 9.53. The summed E-state index contributed by atoms with van der Waals surface area (Å²) in [5.74, 6) is 1.90. The molecule has 1 aromatic rings. The van der Waals surface area contributed by atoms with E-state index in [4.69, 9.17) is 4.99 Å². The predicted molar refractivity (Wildman–Crippen MR) is 76.1 cm³/mol. The molecule has 19 heavy (non-hydrogen) atoms. The summed E-state index contributed by atoms with van der Waals surface area (Å²) in [7, 11) is 0. The molecule has 4 saturated carbocycles. The molecule has 0 radical (unpaired) electrons. The van der Waals surface area contributed by atoms with Gasteiger partial charge in [0.1, 0.15) is 0 Å². The first-order valence-corrected chi connectivity index (χ1v) is 7.52. The second kappa shape index (κ2) is 4.17. The van der Waals surface area contributed by atoms with Crippen LogP contribution in [0.2, 0.25) is 0 Å². The van der Waals surface area contributed by atoms with Gasteiger partial charge in [-0.25, -0.2) is 0 Å². The molecule has 0 amide bonds. The minimum absolute atomic E-state index is 0.345. The molecule has 5 rings (SSSR count). The molecule has 4 bridgehead atoms. The van der Waals surface area contributed by atoms with E-state index in [9.17, 15) is 5.11 Å². The first-order chi connectivity index (χ1) is 9.22. The van der Waals surface area contributed by atoms with Gasteiger partial charge in [0.2, 0.25) is 0 Å². The number of hydrogen-bond donors (Lipinski definition) is 1. The zero-order valence-electron chi connectivity index (χ0n) is 11.3. The summed E-state index contributed by atoms with van der Waals surface area (Å²) in [6.07, 6.45) is 5.52. The normalized spacial score (nSPS) is 41.9. The topological polar surface area (TPSA) is 32.6 Å². The molecule has 0 heterocycles. The minimum atomic E-state index is -0.345. The number of nitrogens with zero attached hydrogens (tertiary/aromatic N) is 1. The van der Waals surface area contributed by atoms with Crippen molar-refractivity contribution >= 4 is 5.71 Å². The Morgan fingerprint density at radius 3 is 2.37 bits per heavy atom. The zero-order valence-corrected chi connectivity index (χ0v) is 11.3. The second-order valence-electron chi connectivity index (χ2n) is 6.79. The van der Waals surface area contributed by atoms with Crippen molar-refractivity contribution in [2.24, 2.45) is 22.7 Å². The van der Waals surface area contributed by atoms with E-state index in [0.717, 1.165) is 31.7 Å². The van der Waals surface area contributed by atoms with Gasteiger partial charge in [0.25, 0.3) is 0 Å². The van der Waals surface area contributed by atoms with Crippen molar-refractivity contribution in [2.75, 3.05) is 0 Å². The molecule has 0 aromatic heterocycles. The van der Waals surface area contributed by atoms with E-state index in [1.54, 1.807) is 0 Å². The fourth-order valence-corrected chi connectivity index (χ4v) is 4.75. The molecule has 1 unspecified atom stereocenters. The molecule has 4 fully saturated rings. The molecule has 2 nitrogen and oxygen atoms in total. The SMILES string of the molecule is O[C@]12CC3C[C@H](C[C@@H](C1)/C3=N/Cc1ccccc1)C2. The Bertz CT molecular complexity index is 489. The van der Waals surface area contributed by atoms with Gasteiger partial charge in [-0.15, -0.1) is 0 Å². The first-order valence-electron chi connectivity index (χ1n) is 7.52. The van der Waals surface area contributed by atoms with Crippen LogP contribution in [0.3, 0.4) is 0 Å². The highest BCUT2D eigenvalue weighted by atomic mass is 16.3. The molecule has 0 aliphatic heterocycles. The Morgan fingerprint density at radius 1 is 1.05 bits per heavy atom. The molecule has 100 valence electrons. The lowest BCUT2D eigenvalue weighted by molar-refractivity contribution is -0.0825. The van der Waals surface area contributed by atoms with Crippen LogP contribution < -0.4 is 0 Å². The average molecular weight is 255 g/mol. The van der Waals surface area contributed by atoms with Gasteiger partial charge < -0.3 is 5.11 Å². The maximum atomic E-state index is 10.6. The Kier molecular flexibility index (Phi) is 2.56. The maximum absolute atomic E-state index is 10.6. The Balaban J connectivity index is 1.56. The molecule has 2 heteroatoms. The van der Waals surface area contributed by atoms with Crippen molar-refractivity contribution in [3.05, 3.63) is 35.9 Å². The highest BCUT2D eigenvalue weighted by molar-refractivity contribution is 5.91. The molecular formula is C17H21NO. The van der Waals surface area contributed by atoms with Crippen LogP contribution in [-0.2, 0) is 6.54 Å². The highest BCUT2D eigenvalue weighted by Gasteiger charge is 2.53. The third-order valence-corrected chi connectivity index (χ3v) is 5.28. The lowest BCUT2D eigenvalue weighted by Crippen LogP contribution is -2.55. The minimum Gasteiger partial charge on any atom is -0.390 e. The van der Waals surface area contributed by atoms with Gasteiger partial charge in [-0.2, -0.15) is 0 Å². The monoisotopic (exact) mass is 255 g/mol. The number of benzene rings is 1. The van der Waals surface area contributed by atoms with Crippen LogP contribution in [0.15, 0.2) is 35.3 Å². The third kappa shape index (κ3) is 2.02. The maximum Gasteiger partial charge on any atom is 0.0663 e. The standard InChI is InChI=1S/C17H21NO/c19-17-8-13-6-14(9-17)16(15(7-13)10-17)18-11-12-4-2-1-3-5-12/h1-5,13-15,19H,6-11H2/b18-16-/t13-,14-,15?,17-/m0/s1. The molecule has 4 atom stereocenters.